The van der Waals surface area contributed by atoms with Crippen LogP contribution in [-0.4, -0.2) is 46.9 Å². The van der Waals surface area contributed by atoms with Crippen molar-refractivity contribution in [2.24, 2.45) is 0 Å². The van der Waals surface area contributed by atoms with Gasteiger partial charge in [-0.15, -0.1) is 11.3 Å². The predicted molar refractivity (Wildman–Crippen MR) is 84.4 cm³/mol. The van der Waals surface area contributed by atoms with E-state index in [1.165, 1.54) is 4.88 Å². The van der Waals surface area contributed by atoms with Gasteiger partial charge in [0.25, 0.3) is 5.91 Å². The summed E-state index contributed by atoms with van der Waals surface area (Å²) in [5, 5.41) is 2.12. The van der Waals surface area contributed by atoms with Crippen LogP contribution in [0.4, 0.5) is 0 Å². The molecular weight excluding hydrogens is 282 g/mol. The number of nitrogens with zero attached hydrogens (tertiary/aromatic N) is 3. The number of carbonyl (C=O) groups excluding carboxylic acids is 1. The Balaban J connectivity index is 1.59. The summed E-state index contributed by atoms with van der Waals surface area (Å²) in [7, 11) is 0. The van der Waals surface area contributed by atoms with Crippen LogP contribution < -0.4 is 0 Å². The zero-order chi connectivity index (χ0) is 14.7. The minimum absolute atomic E-state index is 0.112. The van der Waals surface area contributed by atoms with Gasteiger partial charge in [-0.2, -0.15) is 0 Å². The molecule has 0 bridgehead atoms. The Morgan fingerprint density at radius 2 is 1.90 bits per heavy atom. The van der Waals surface area contributed by atoms with Crippen molar-refractivity contribution in [3.05, 3.63) is 52.5 Å². The van der Waals surface area contributed by atoms with Crippen molar-refractivity contribution in [1.82, 2.24) is 14.8 Å². The van der Waals surface area contributed by atoms with E-state index in [9.17, 15) is 4.79 Å². The van der Waals surface area contributed by atoms with Crippen LogP contribution in [0.2, 0.25) is 0 Å². The molecule has 0 aromatic carbocycles. The SMILES string of the molecule is CC(c1cccs1)N1CCN(C(=O)c2ccncc2)CC1. The minimum Gasteiger partial charge on any atom is -0.336 e. The average molecular weight is 301 g/mol. The number of aromatic nitrogens is 1. The molecule has 1 fully saturated rings. The second-order valence-corrected chi connectivity index (χ2v) is 6.23. The van der Waals surface area contributed by atoms with Gasteiger partial charge in [0.15, 0.2) is 0 Å². The first-order chi connectivity index (χ1) is 10.3. The van der Waals surface area contributed by atoms with Crippen LogP contribution in [0.25, 0.3) is 0 Å². The topological polar surface area (TPSA) is 36.4 Å². The highest BCUT2D eigenvalue weighted by Gasteiger charge is 2.25. The van der Waals surface area contributed by atoms with Crippen LogP contribution in [0.1, 0.15) is 28.2 Å². The lowest BCUT2D eigenvalue weighted by Crippen LogP contribution is -2.49. The third kappa shape index (κ3) is 3.14. The molecule has 0 radical (unpaired) electrons. The standard InChI is InChI=1S/C16H19N3OS/c1-13(15-3-2-12-21-15)18-8-10-19(11-9-18)16(20)14-4-6-17-7-5-14/h2-7,12-13H,8-11H2,1H3. The van der Waals surface area contributed by atoms with E-state index in [4.69, 9.17) is 0 Å². The van der Waals surface area contributed by atoms with E-state index >= 15 is 0 Å². The average Bonchev–Trinajstić information content (AvgIpc) is 3.09. The molecule has 5 heteroatoms. The smallest absolute Gasteiger partial charge is 0.254 e. The Morgan fingerprint density at radius 3 is 2.52 bits per heavy atom. The van der Waals surface area contributed by atoms with Gasteiger partial charge < -0.3 is 4.90 Å². The third-order valence-electron chi connectivity index (χ3n) is 4.03. The number of amides is 1. The summed E-state index contributed by atoms with van der Waals surface area (Å²) >= 11 is 1.80. The Bertz CT molecular complexity index is 577. The number of hydrogen-bond acceptors (Lipinski definition) is 4. The van der Waals surface area contributed by atoms with Gasteiger partial charge in [0.05, 0.1) is 0 Å². The lowest BCUT2D eigenvalue weighted by atomic mass is 10.1. The van der Waals surface area contributed by atoms with Gasteiger partial charge in [0.2, 0.25) is 0 Å². The number of hydrogen-bond donors (Lipinski definition) is 0. The molecule has 1 atom stereocenters. The third-order valence-corrected chi connectivity index (χ3v) is 5.07. The molecule has 0 saturated carbocycles. The highest BCUT2D eigenvalue weighted by Crippen LogP contribution is 2.25. The predicted octanol–water partition coefficient (Wildman–Crippen LogP) is 2.66. The van der Waals surface area contributed by atoms with Crippen molar-refractivity contribution < 1.29 is 4.79 Å². The summed E-state index contributed by atoms with van der Waals surface area (Å²) < 4.78 is 0. The van der Waals surface area contributed by atoms with Gasteiger partial charge in [-0.05, 0) is 30.5 Å². The fourth-order valence-electron chi connectivity index (χ4n) is 2.70. The van der Waals surface area contributed by atoms with Gasteiger partial charge >= 0.3 is 0 Å². The van der Waals surface area contributed by atoms with E-state index in [-0.39, 0.29) is 5.91 Å². The largest absolute Gasteiger partial charge is 0.336 e. The minimum atomic E-state index is 0.112. The molecule has 0 N–H and O–H groups in total. The maximum atomic E-state index is 12.4. The van der Waals surface area contributed by atoms with Crippen molar-refractivity contribution in [2.75, 3.05) is 26.2 Å². The molecule has 3 rings (SSSR count). The highest BCUT2D eigenvalue weighted by molar-refractivity contribution is 7.10. The molecule has 3 heterocycles. The number of rotatable bonds is 3. The molecular formula is C16H19N3OS. The van der Waals surface area contributed by atoms with Crippen LogP contribution in [-0.2, 0) is 0 Å². The highest BCUT2D eigenvalue weighted by atomic mass is 32.1. The fraction of sp³-hybridized carbons (Fsp3) is 0.375. The molecule has 2 aromatic heterocycles. The van der Waals surface area contributed by atoms with Gasteiger partial charge in [0.1, 0.15) is 0 Å². The van der Waals surface area contributed by atoms with E-state index in [1.54, 1.807) is 35.9 Å². The number of pyridine rings is 1. The Morgan fingerprint density at radius 1 is 1.19 bits per heavy atom. The first-order valence-corrected chi connectivity index (χ1v) is 8.10. The molecule has 1 amide bonds. The zero-order valence-corrected chi connectivity index (χ0v) is 12.9. The number of carbonyl (C=O) groups is 1. The summed E-state index contributed by atoms with van der Waals surface area (Å²) in [6.07, 6.45) is 3.34. The lowest BCUT2D eigenvalue weighted by Gasteiger charge is -2.37. The Labute approximate surface area is 129 Å². The van der Waals surface area contributed by atoms with Gasteiger partial charge in [0, 0.05) is 55.1 Å². The van der Waals surface area contributed by atoms with E-state index in [1.807, 2.05) is 4.90 Å². The molecule has 1 aliphatic rings. The first kappa shape index (κ1) is 14.2. The quantitative estimate of drug-likeness (QED) is 0.874. The summed E-state index contributed by atoms with van der Waals surface area (Å²) in [6.45, 7) is 5.67. The second-order valence-electron chi connectivity index (χ2n) is 5.26. The molecule has 0 aliphatic carbocycles. The van der Waals surface area contributed by atoms with Crippen molar-refractivity contribution in [3.8, 4) is 0 Å². The van der Waals surface area contributed by atoms with E-state index in [0.29, 0.717) is 6.04 Å². The van der Waals surface area contributed by atoms with Crippen LogP contribution in [0, 0.1) is 0 Å². The molecule has 1 unspecified atom stereocenters. The van der Waals surface area contributed by atoms with Crippen LogP contribution in [0.5, 0.6) is 0 Å². The van der Waals surface area contributed by atoms with Crippen molar-refractivity contribution in [2.45, 2.75) is 13.0 Å². The fourth-order valence-corrected chi connectivity index (χ4v) is 3.52. The first-order valence-electron chi connectivity index (χ1n) is 7.22. The summed E-state index contributed by atoms with van der Waals surface area (Å²) in [4.78, 5) is 22.1. The molecule has 1 aliphatic heterocycles. The maximum absolute atomic E-state index is 12.4. The molecule has 4 nitrogen and oxygen atoms in total. The summed E-state index contributed by atoms with van der Waals surface area (Å²) in [5.41, 5.74) is 0.727. The zero-order valence-electron chi connectivity index (χ0n) is 12.1. The molecule has 110 valence electrons. The monoisotopic (exact) mass is 301 g/mol. The van der Waals surface area contributed by atoms with Crippen molar-refractivity contribution in [1.29, 1.82) is 0 Å². The summed E-state index contributed by atoms with van der Waals surface area (Å²) in [5.74, 6) is 0.112. The summed E-state index contributed by atoms with van der Waals surface area (Å²) in [6, 6.07) is 8.28. The van der Waals surface area contributed by atoms with Gasteiger partial charge in [-0.25, -0.2) is 0 Å². The lowest BCUT2D eigenvalue weighted by molar-refractivity contribution is 0.0584. The van der Waals surface area contributed by atoms with E-state index in [2.05, 4.69) is 34.3 Å². The van der Waals surface area contributed by atoms with Crippen LogP contribution in [0.3, 0.4) is 0 Å². The molecule has 21 heavy (non-hydrogen) atoms. The van der Waals surface area contributed by atoms with Gasteiger partial charge in [-0.3, -0.25) is 14.7 Å². The van der Waals surface area contributed by atoms with Crippen LogP contribution in [0.15, 0.2) is 42.0 Å². The number of piperazine rings is 1. The van der Waals surface area contributed by atoms with E-state index in [0.717, 1.165) is 31.7 Å². The van der Waals surface area contributed by atoms with E-state index < -0.39 is 0 Å². The molecule has 0 spiro atoms. The Hall–Kier alpha value is -1.72. The Kier molecular flexibility index (Phi) is 4.31. The van der Waals surface area contributed by atoms with Crippen molar-refractivity contribution in [3.63, 3.8) is 0 Å². The molecule has 2 aromatic rings. The molecule has 1 saturated heterocycles. The van der Waals surface area contributed by atoms with Gasteiger partial charge in [-0.1, -0.05) is 6.07 Å². The normalized spacial score (nSPS) is 17.7. The number of thiophene rings is 1. The second kappa shape index (κ2) is 6.37. The van der Waals surface area contributed by atoms with Crippen molar-refractivity contribution >= 4 is 17.2 Å². The van der Waals surface area contributed by atoms with Crippen LogP contribution >= 0.6 is 11.3 Å². The maximum Gasteiger partial charge on any atom is 0.254 e.